The lowest BCUT2D eigenvalue weighted by Crippen LogP contribution is -2.69. The Hall–Kier alpha value is -5.15. The lowest BCUT2D eigenvalue weighted by Gasteiger charge is -2.62. The lowest BCUT2D eigenvalue weighted by molar-refractivity contribution is -0.209. The van der Waals surface area contributed by atoms with Crippen molar-refractivity contribution in [3.63, 3.8) is 0 Å². The third kappa shape index (κ3) is 7.09. The molecule has 59 heavy (non-hydrogen) atoms. The molecule has 3 aromatic rings. The van der Waals surface area contributed by atoms with Crippen LogP contribution in [0.2, 0.25) is 0 Å². The molecular weight excluding hydrogens is 758 g/mol. The largest absolute Gasteiger partial charge is 0.460 e. The van der Waals surface area contributed by atoms with Crippen molar-refractivity contribution in [2.24, 2.45) is 40.1 Å². The number of rotatable bonds is 12. The van der Waals surface area contributed by atoms with Crippen LogP contribution in [-0.4, -0.2) is 81.1 Å². The molecule has 3 saturated carbocycles. The van der Waals surface area contributed by atoms with Crippen LogP contribution in [-0.2, 0) is 35.3 Å². The molecule has 1 amide bonds. The second-order valence-corrected chi connectivity index (χ2v) is 17.2. The molecular formula is C45H52FN5O8. The zero-order valence-electron chi connectivity index (χ0n) is 33.5. The lowest BCUT2D eigenvalue weighted by atomic mass is 9.44. The molecule has 0 aliphatic heterocycles. The minimum atomic E-state index is -2.09. The maximum absolute atomic E-state index is 17.5. The number of nitrogens with two attached hydrogens (primary N) is 2. The Morgan fingerprint density at radius 2 is 1.83 bits per heavy atom. The standard InChI is InChI=1S/C45H52FN5O8/c1-25-16-35-34-11-9-30-18-32(52)12-14-42(30,2)44(34,46)38(53)20-43(35,3)45(25,57)37(49)24-58-39(54)19-36(48)41(56)59-23-26-4-6-27(7-5-26)33(21-47)40(55)51-31-10-8-29-22-50-15-13-28(29)17-31/h4-8,10,12-15,17-18,22,25,33-36,38,49,53,57H,9,11,16,19-21,23-24,47-48H2,1-3H3,(H,51,55)/t25-,33-,34+,35+,36+,38+,42+,43+,44+,45+/m1/s1. The number of fused-ring (bicyclic) bond motifs is 6. The fraction of sp³-hybridized carbons (Fsp3) is 0.467. The van der Waals surface area contributed by atoms with Gasteiger partial charge in [-0.25, -0.2) is 4.39 Å². The summed E-state index contributed by atoms with van der Waals surface area (Å²) in [4.78, 5) is 55.0. The molecule has 2 aromatic carbocycles. The van der Waals surface area contributed by atoms with E-state index in [0.29, 0.717) is 41.6 Å². The minimum Gasteiger partial charge on any atom is -0.460 e. The number of aliphatic hydroxyl groups excluding tert-OH is 1. The van der Waals surface area contributed by atoms with Gasteiger partial charge in [0.25, 0.3) is 0 Å². The topological polar surface area (TPSA) is 228 Å². The summed E-state index contributed by atoms with van der Waals surface area (Å²) in [5.74, 6) is -4.44. The van der Waals surface area contributed by atoms with E-state index in [1.807, 2.05) is 18.2 Å². The maximum Gasteiger partial charge on any atom is 0.323 e. The van der Waals surface area contributed by atoms with Crippen molar-refractivity contribution in [3.8, 4) is 0 Å². The van der Waals surface area contributed by atoms with Crippen molar-refractivity contribution in [2.75, 3.05) is 18.5 Å². The number of hydrogen-bond donors (Lipinski definition) is 6. The molecule has 13 nitrogen and oxygen atoms in total. The van der Waals surface area contributed by atoms with Gasteiger partial charge in [-0.1, -0.05) is 55.8 Å². The Morgan fingerprint density at radius 3 is 2.56 bits per heavy atom. The summed E-state index contributed by atoms with van der Waals surface area (Å²) < 4.78 is 28.2. The first-order valence-corrected chi connectivity index (χ1v) is 20.1. The molecule has 4 aliphatic carbocycles. The zero-order chi connectivity index (χ0) is 42.5. The minimum absolute atomic E-state index is 0.0602. The highest BCUT2D eigenvalue weighted by atomic mass is 19.1. The van der Waals surface area contributed by atoms with Crippen LogP contribution in [0.15, 0.2) is 84.7 Å². The van der Waals surface area contributed by atoms with E-state index in [9.17, 15) is 29.4 Å². The summed E-state index contributed by atoms with van der Waals surface area (Å²) in [5, 5.41) is 37.7. The van der Waals surface area contributed by atoms with Gasteiger partial charge in [-0.15, -0.1) is 0 Å². The second kappa shape index (κ2) is 15.8. The number of carbonyl (C=O) groups is 4. The third-order valence-electron chi connectivity index (χ3n) is 14.0. The predicted octanol–water partition coefficient (Wildman–Crippen LogP) is 4.59. The molecule has 0 saturated heterocycles. The van der Waals surface area contributed by atoms with Crippen LogP contribution in [0.1, 0.15) is 69.9 Å². The molecule has 0 spiro atoms. The van der Waals surface area contributed by atoms with E-state index >= 15 is 4.39 Å². The Labute approximate surface area is 341 Å². The highest BCUT2D eigenvalue weighted by molar-refractivity contribution is 6.01. The number of aromatic nitrogens is 1. The summed E-state index contributed by atoms with van der Waals surface area (Å²) in [6.07, 6.45) is 6.86. The first-order chi connectivity index (χ1) is 28.0. The molecule has 312 valence electrons. The van der Waals surface area contributed by atoms with Gasteiger partial charge < -0.3 is 41.9 Å². The van der Waals surface area contributed by atoms with Crippen molar-refractivity contribution >= 4 is 45.8 Å². The van der Waals surface area contributed by atoms with Crippen LogP contribution < -0.4 is 16.8 Å². The van der Waals surface area contributed by atoms with E-state index in [1.54, 1.807) is 69.6 Å². The number of ketones is 1. The number of ether oxygens (including phenoxy) is 2. The van der Waals surface area contributed by atoms with E-state index < -0.39 is 82.9 Å². The van der Waals surface area contributed by atoms with Gasteiger partial charge in [0, 0.05) is 46.8 Å². The number of halogens is 1. The summed E-state index contributed by atoms with van der Waals surface area (Å²) in [6.45, 7) is 4.59. The quantitative estimate of drug-likeness (QED) is 0.110. The number of allylic oxidation sites excluding steroid dienone is 4. The monoisotopic (exact) mass is 809 g/mol. The predicted molar refractivity (Wildman–Crippen MR) is 218 cm³/mol. The van der Waals surface area contributed by atoms with Gasteiger partial charge in [-0.3, -0.25) is 24.2 Å². The third-order valence-corrected chi connectivity index (χ3v) is 14.0. The van der Waals surface area contributed by atoms with Gasteiger partial charge in [0.2, 0.25) is 5.91 Å². The molecule has 8 N–H and O–H groups in total. The number of alkyl halides is 1. The molecule has 0 unspecified atom stereocenters. The Morgan fingerprint density at radius 1 is 1.08 bits per heavy atom. The van der Waals surface area contributed by atoms with Crippen molar-refractivity contribution < 1.29 is 43.3 Å². The number of pyridine rings is 1. The molecule has 0 radical (unpaired) electrons. The van der Waals surface area contributed by atoms with Gasteiger partial charge >= 0.3 is 11.9 Å². The summed E-state index contributed by atoms with van der Waals surface area (Å²) >= 11 is 0. The first kappa shape index (κ1) is 42.0. The second-order valence-electron chi connectivity index (χ2n) is 17.2. The van der Waals surface area contributed by atoms with E-state index in [0.717, 1.165) is 10.8 Å². The van der Waals surface area contributed by atoms with Crippen LogP contribution in [0, 0.1) is 34.0 Å². The van der Waals surface area contributed by atoms with Gasteiger partial charge in [0.1, 0.15) is 24.9 Å². The molecule has 1 heterocycles. The first-order valence-electron chi connectivity index (χ1n) is 20.1. The number of nitrogens with zero attached hydrogens (tertiary/aromatic N) is 1. The van der Waals surface area contributed by atoms with Crippen molar-refractivity contribution in [3.05, 3.63) is 95.9 Å². The summed E-state index contributed by atoms with van der Waals surface area (Å²) in [6, 6.07) is 12.9. The van der Waals surface area contributed by atoms with E-state index in [2.05, 4.69) is 10.3 Å². The summed E-state index contributed by atoms with van der Waals surface area (Å²) in [5.41, 5.74) is 8.04. The fourth-order valence-electron chi connectivity index (χ4n) is 10.7. The van der Waals surface area contributed by atoms with Gasteiger partial charge in [-0.2, -0.15) is 0 Å². The van der Waals surface area contributed by atoms with Crippen LogP contribution >= 0.6 is 0 Å². The van der Waals surface area contributed by atoms with Crippen LogP contribution in [0.25, 0.3) is 10.8 Å². The number of amides is 1. The molecule has 14 heteroatoms. The average Bonchev–Trinajstić information content (AvgIpc) is 3.41. The van der Waals surface area contributed by atoms with Gasteiger partial charge in [-0.05, 0) is 91.3 Å². The number of benzene rings is 2. The number of anilines is 1. The van der Waals surface area contributed by atoms with E-state index in [4.69, 9.17) is 26.4 Å². The van der Waals surface area contributed by atoms with Crippen molar-refractivity contribution in [2.45, 2.75) is 88.8 Å². The van der Waals surface area contributed by atoms with Crippen LogP contribution in [0.5, 0.6) is 0 Å². The van der Waals surface area contributed by atoms with Crippen molar-refractivity contribution in [1.82, 2.24) is 4.98 Å². The molecule has 7 rings (SSSR count). The molecule has 3 fully saturated rings. The normalized spacial score (nSPS) is 31.9. The zero-order valence-corrected chi connectivity index (χ0v) is 33.5. The fourth-order valence-corrected chi connectivity index (χ4v) is 10.7. The number of aliphatic hydroxyl groups is 2. The van der Waals surface area contributed by atoms with Gasteiger partial charge in [0.05, 0.1) is 24.2 Å². The van der Waals surface area contributed by atoms with E-state index in [-0.39, 0.29) is 37.0 Å². The SMILES string of the molecule is C[C@@H]1C[C@H]2[C@@H]3CCC4=CC(=O)C=C[C@]4(C)[C@@]3(F)[C@@H](O)C[C@]2(C)[C@@]1(O)C(=N)COC(=O)C[C@H](N)C(=O)OCc1ccc([C@@H](CN)C(=O)Nc2ccc3cnccc3c2)cc1. The van der Waals surface area contributed by atoms with E-state index in [1.165, 1.54) is 12.2 Å². The highest BCUT2D eigenvalue weighted by Gasteiger charge is 2.75. The summed E-state index contributed by atoms with van der Waals surface area (Å²) in [7, 11) is 0. The number of esters is 2. The Kier molecular flexibility index (Phi) is 11.2. The highest BCUT2D eigenvalue weighted by Crippen LogP contribution is 2.70. The number of nitrogens with one attached hydrogen (secondary N) is 2. The maximum atomic E-state index is 17.5. The smallest absolute Gasteiger partial charge is 0.323 e. The molecule has 10 atom stereocenters. The molecule has 4 aliphatic rings. The van der Waals surface area contributed by atoms with Crippen molar-refractivity contribution in [1.29, 1.82) is 5.41 Å². The van der Waals surface area contributed by atoms with Crippen LogP contribution in [0.3, 0.4) is 0 Å². The Balaban J connectivity index is 0.908. The number of hydrogen-bond acceptors (Lipinski definition) is 12. The Bertz CT molecular complexity index is 2250. The molecule has 1 aromatic heterocycles. The number of carbonyl (C=O) groups excluding carboxylic acids is 4. The van der Waals surface area contributed by atoms with Gasteiger partial charge in [0.15, 0.2) is 11.5 Å². The molecule has 0 bridgehead atoms. The van der Waals surface area contributed by atoms with Crippen LogP contribution in [0.4, 0.5) is 10.1 Å². The average molecular weight is 810 g/mol.